The Morgan fingerprint density at radius 3 is 2.50 bits per heavy atom. The number of hydrogen-bond donors (Lipinski definition) is 1. The molecule has 8 heteroatoms. The predicted molar refractivity (Wildman–Crippen MR) is 114 cm³/mol. The van der Waals surface area contributed by atoms with Crippen molar-refractivity contribution in [2.45, 2.75) is 33.1 Å². The maximum atomic E-state index is 13.6. The molecule has 0 unspecified atom stereocenters. The summed E-state index contributed by atoms with van der Waals surface area (Å²) in [5.74, 6) is -4.09. The molecular formula is C24H28FNO6. The molecule has 1 aliphatic heterocycles. The topological polar surface area (TPSA) is 90.9 Å². The Balaban J connectivity index is 2.06. The Labute approximate surface area is 186 Å². The number of carbonyl (C=O) groups excluding carboxylic acids is 3. The first-order chi connectivity index (χ1) is 15.3. The molecule has 2 aliphatic rings. The third-order valence-electron chi connectivity index (χ3n) is 5.83. The molecule has 1 aromatic rings. The zero-order chi connectivity index (χ0) is 23.4. The summed E-state index contributed by atoms with van der Waals surface area (Å²) in [6, 6.07) is 5.63. The normalized spacial score (nSPS) is 22.9. The average molecular weight is 445 g/mol. The Morgan fingerprint density at radius 1 is 1.19 bits per heavy atom. The van der Waals surface area contributed by atoms with Crippen LogP contribution in [0.1, 0.15) is 38.7 Å². The van der Waals surface area contributed by atoms with E-state index >= 15 is 0 Å². The number of methoxy groups -OCH3 is 1. The van der Waals surface area contributed by atoms with E-state index in [9.17, 15) is 18.8 Å². The maximum Gasteiger partial charge on any atom is 0.336 e. The lowest BCUT2D eigenvalue weighted by atomic mass is 9.69. The first-order valence-electron chi connectivity index (χ1n) is 10.6. The van der Waals surface area contributed by atoms with E-state index in [0.29, 0.717) is 35.6 Å². The molecule has 0 amide bonds. The fourth-order valence-corrected chi connectivity index (χ4v) is 4.36. The van der Waals surface area contributed by atoms with Gasteiger partial charge in [-0.3, -0.25) is 9.59 Å². The highest BCUT2D eigenvalue weighted by molar-refractivity contribution is 6.12. The maximum absolute atomic E-state index is 13.6. The van der Waals surface area contributed by atoms with Crippen LogP contribution in [0.15, 0.2) is 46.8 Å². The van der Waals surface area contributed by atoms with Gasteiger partial charge in [0.2, 0.25) is 0 Å². The summed E-state index contributed by atoms with van der Waals surface area (Å²) in [6.07, 6.45) is 0.433. The number of benzene rings is 1. The second kappa shape index (κ2) is 10.1. The monoisotopic (exact) mass is 445 g/mol. The van der Waals surface area contributed by atoms with Gasteiger partial charge in [0.1, 0.15) is 18.3 Å². The Morgan fingerprint density at radius 2 is 1.88 bits per heavy atom. The van der Waals surface area contributed by atoms with Crippen LogP contribution in [0.5, 0.6) is 0 Å². The largest absolute Gasteiger partial charge is 0.468 e. The van der Waals surface area contributed by atoms with Crippen LogP contribution in [0.4, 0.5) is 4.39 Å². The third-order valence-corrected chi connectivity index (χ3v) is 5.83. The van der Waals surface area contributed by atoms with Gasteiger partial charge in [-0.15, -0.1) is 0 Å². The second-order valence-electron chi connectivity index (χ2n) is 7.92. The van der Waals surface area contributed by atoms with E-state index in [-0.39, 0.29) is 24.7 Å². The standard InChI is InChI=1S/C24H28FNO6/c1-5-31-10-11-32-24(29)19-14(3)26-17-12-13(2)18(23(28)30-4)22(27)21(17)20(19)15-6-8-16(25)9-7-15/h6-9,13,18,20,26H,5,10-12H2,1-4H3/t13-,18+,20-/m0/s1. The van der Waals surface area contributed by atoms with Crippen molar-refractivity contribution in [2.75, 3.05) is 26.9 Å². The van der Waals surface area contributed by atoms with Crippen molar-refractivity contribution in [1.82, 2.24) is 5.32 Å². The van der Waals surface area contributed by atoms with Crippen LogP contribution in [0.2, 0.25) is 0 Å². The summed E-state index contributed by atoms with van der Waals surface area (Å²) in [5, 5.41) is 3.18. The summed E-state index contributed by atoms with van der Waals surface area (Å²) >= 11 is 0. The minimum Gasteiger partial charge on any atom is -0.468 e. The molecule has 1 heterocycles. The number of carbonyl (C=O) groups is 3. The molecule has 0 saturated carbocycles. The Bertz CT molecular complexity index is 965. The number of allylic oxidation sites excluding steroid dienone is 3. The van der Waals surface area contributed by atoms with Crippen LogP contribution < -0.4 is 5.32 Å². The van der Waals surface area contributed by atoms with Crippen molar-refractivity contribution in [3.63, 3.8) is 0 Å². The molecule has 7 nitrogen and oxygen atoms in total. The molecule has 0 aromatic heterocycles. The first kappa shape index (κ1) is 23.7. The van der Waals surface area contributed by atoms with E-state index in [0.717, 1.165) is 0 Å². The summed E-state index contributed by atoms with van der Waals surface area (Å²) in [6.45, 7) is 6.19. The predicted octanol–water partition coefficient (Wildman–Crippen LogP) is 3.02. The molecule has 3 atom stereocenters. The van der Waals surface area contributed by atoms with Crippen LogP contribution in [-0.2, 0) is 28.6 Å². The van der Waals surface area contributed by atoms with Gasteiger partial charge in [0.05, 0.1) is 19.3 Å². The Hall–Kier alpha value is -3.00. The number of esters is 2. The van der Waals surface area contributed by atoms with E-state index in [1.165, 1.54) is 31.4 Å². The van der Waals surface area contributed by atoms with E-state index in [2.05, 4.69) is 5.32 Å². The second-order valence-corrected chi connectivity index (χ2v) is 7.92. The lowest BCUT2D eigenvalue weighted by molar-refractivity contribution is -0.151. The molecule has 0 saturated heterocycles. The van der Waals surface area contributed by atoms with E-state index < -0.39 is 35.4 Å². The fourth-order valence-electron chi connectivity index (χ4n) is 4.36. The van der Waals surface area contributed by atoms with Gasteiger partial charge in [-0.05, 0) is 43.9 Å². The average Bonchev–Trinajstić information content (AvgIpc) is 2.76. The quantitative estimate of drug-likeness (QED) is 0.392. The van der Waals surface area contributed by atoms with Gasteiger partial charge < -0.3 is 19.5 Å². The molecule has 0 bridgehead atoms. The van der Waals surface area contributed by atoms with Crippen molar-refractivity contribution >= 4 is 17.7 Å². The number of nitrogens with one attached hydrogen (secondary N) is 1. The number of hydrogen-bond acceptors (Lipinski definition) is 7. The van der Waals surface area contributed by atoms with Gasteiger partial charge in [0.15, 0.2) is 5.78 Å². The number of dihydropyridines is 1. The molecule has 1 N–H and O–H groups in total. The molecule has 0 radical (unpaired) electrons. The van der Waals surface area contributed by atoms with Gasteiger partial charge in [0.25, 0.3) is 0 Å². The third kappa shape index (κ3) is 4.60. The van der Waals surface area contributed by atoms with Crippen molar-refractivity contribution in [2.24, 2.45) is 11.8 Å². The van der Waals surface area contributed by atoms with Gasteiger partial charge in [-0.1, -0.05) is 19.1 Å². The summed E-state index contributed by atoms with van der Waals surface area (Å²) in [7, 11) is 1.24. The van der Waals surface area contributed by atoms with E-state index in [1.807, 2.05) is 13.8 Å². The lowest BCUT2D eigenvalue weighted by Gasteiger charge is -2.38. The molecular weight excluding hydrogens is 417 g/mol. The summed E-state index contributed by atoms with van der Waals surface area (Å²) in [5.41, 5.74) is 2.32. The van der Waals surface area contributed by atoms with Crippen molar-refractivity contribution in [3.8, 4) is 0 Å². The van der Waals surface area contributed by atoms with Crippen molar-refractivity contribution < 1.29 is 33.0 Å². The lowest BCUT2D eigenvalue weighted by Crippen LogP contribution is -2.43. The number of Topliss-reactive ketones (excluding diaryl/α,β-unsaturated/α-hetero) is 1. The summed E-state index contributed by atoms with van der Waals surface area (Å²) < 4.78 is 29.1. The number of ketones is 1. The zero-order valence-corrected chi connectivity index (χ0v) is 18.7. The highest BCUT2D eigenvalue weighted by Crippen LogP contribution is 2.45. The summed E-state index contributed by atoms with van der Waals surface area (Å²) in [4.78, 5) is 39.0. The molecule has 32 heavy (non-hydrogen) atoms. The SMILES string of the molecule is CCOCCOC(=O)C1=C(C)NC2=C(C(=O)[C@H](C(=O)OC)[C@@H](C)C2)[C@H]1c1ccc(F)cc1. The molecule has 1 aliphatic carbocycles. The van der Waals surface area contributed by atoms with E-state index in [4.69, 9.17) is 14.2 Å². The van der Waals surface area contributed by atoms with Crippen LogP contribution in [0.3, 0.4) is 0 Å². The minimum atomic E-state index is -0.975. The molecule has 0 fully saturated rings. The fraction of sp³-hybridized carbons (Fsp3) is 0.458. The smallest absolute Gasteiger partial charge is 0.336 e. The van der Waals surface area contributed by atoms with Gasteiger partial charge in [0, 0.05) is 29.5 Å². The van der Waals surface area contributed by atoms with Crippen LogP contribution >= 0.6 is 0 Å². The highest BCUT2D eigenvalue weighted by atomic mass is 19.1. The van der Waals surface area contributed by atoms with Crippen molar-refractivity contribution in [1.29, 1.82) is 0 Å². The minimum absolute atomic E-state index is 0.0568. The zero-order valence-electron chi connectivity index (χ0n) is 18.7. The number of halogens is 1. The first-order valence-corrected chi connectivity index (χ1v) is 10.6. The molecule has 0 spiro atoms. The van der Waals surface area contributed by atoms with Crippen LogP contribution in [-0.4, -0.2) is 44.7 Å². The number of ether oxygens (including phenoxy) is 3. The highest BCUT2D eigenvalue weighted by Gasteiger charge is 2.47. The van der Waals surface area contributed by atoms with Crippen molar-refractivity contribution in [3.05, 3.63) is 58.2 Å². The molecule has 1 aromatic carbocycles. The van der Waals surface area contributed by atoms with Crippen LogP contribution in [0.25, 0.3) is 0 Å². The van der Waals surface area contributed by atoms with Gasteiger partial charge >= 0.3 is 11.9 Å². The van der Waals surface area contributed by atoms with Crippen LogP contribution in [0, 0.1) is 17.7 Å². The molecule has 172 valence electrons. The molecule has 3 rings (SSSR count). The number of rotatable bonds is 7. The van der Waals surface area contributed by atoms with E-state index in [1.54, 1.807) is 6.92 Å². The van der Waals surface area contributed by atoms with Gasteiger partial charge in [-0.25, -0.2) is 9.18 Å². The van der Waals surface area contributed by atoms with Gasteiger partial charge in [-0.2, -0.15) is 0 Å². The Kier molecular flexibility index (Phi) is 7.45.